The molecule has 4 aromatic rings. The van der Waals surface area contributed by atoms with Crippen LogP contribution in [0.1, 0.15) is 38.8 Å². The van der Waals surface area contributed by atoms with E-state index >= 15 is 0 Å². The highest BCUT2D eigenvalue weighted by Crippen LogP contribution is 2.33. The second kappa shape index (κ2) is 7.89. The summed E-state index contributed by atoms with van der Waals surface area (Å²) in [6.45, 7) is 0.232. The van der Waals surface area contributed by atoms with Gasteiger partial charge in [0.05, 0.1) is 23.0 Å². The van der Waals surface area contributed by atoms with Gasteiger partial charge in [-0.3, -0.25) is 14.5 Å². The maximum Gasteiger partial charge on any atom is 0.261 e. The molecule has 31 heavy (non-hydrogen) atoms. The molecule has 1 aliphatic rings. The number of rotatable bonds is 6. The van der Waals surface area contributed by atoms with Crippen LogP contribution in [0.2, 0.25) is 5.02 Å². The summed E-state index contributed by atoms with van der Waals surface area (Å²) in [5.74, 6) is -0.00492. The molecule has 1 aromatic heterocycles. The number of ether oxygens (including phenoxy) is 1. The monoisotopic (exact) mass is 431 g/mol. The molecule has 0 saturated heterocycles. The fraction of sp³-hybridized carbons (Fsp3) is 0.125. The number of amides is 2. The van der Waals surface area contributed by atoms with Crippen LogP contribution < -0.4 is 4.74 Å². The number of nitrogens with one attached hydrogen (secondary N) is 1. The Morgan fingerprint density at radius 2 is 1.65 bits per heavy atom. The fourth-order valence-electron chi connectivity index (χ4n) is 3.88. The molecule has 0 saturated carbocycles. The molecular formula is C24H18ClN3O3. The largest absolute Gasteiger partial charge is 0.483 e. The molecule has 0 aliphatic carbocycles. The van der Waals surface area contributed by atoms with Crippen molar-refractivity contribution in [3.05, 3.63) is 94.8 Å². The molecule has 0 unspecified atom stereocenters. The number of benzene rings is 3. The number of aromatic amines is 1. The normalized spacial score (nSPS) is 14.2. The van der Waals surface area contributed by atoms with E-state index in [0.29, 0.717) is 33.8 Å². The van der Waals surface area contributed by atoms with Gasteiger partial charge >= 0.3 is 0 Å². The highest BCUT2D eigenvalue weighted by molar-refractivity contribution is 6.31. The lowest BCUT2D eigenvalue weighted by molar-refractivity contribution is 0.0630. The summed E-state index contributed by atoms with van der Waals surface area (Å²) in [5, 5.41) is 0.527. The summed E-state index contributed by atoms with van der Waals surface area (Å²) in [4.78, 5) is 34.1. The first-order valence-electron chi connectivity index (χ1n) is 9.91. The molecule has 0 radical (unpaired) electrons. The minimum atomic E-state index is -0.399. The number of halogens is 1. The van der Waals surface area contributed by atoms with E-state index in [1.807, 2.05) is 30.3 Å². The molecular weight excluding hydrogens is 414 g/mol. The molecule has 1 atom stereocenters. The number of hydrogen-bond donors (Lipinski definition) is 1. The zero-order chi connectivity index (χ0) is 21.4. The van der Waals surface area contributed by atoms with Gasteiger partial charge in [-0.15, -0.1) is 0 Å². The SMILES string of the molecule is O=C1c2ccccc2C(=O)N1CC[C@@H](Oc1cc(Cl)cc2[nH]cnc12)c1ccccc1. The molecule has 0 spiro atoms. The van der Waals surface area contributed by atoms with E-state index in [2.05, 4.69) is 9.97 Å². The zero-order valence-electron chi connectivity index (χ0n) is 16.4. The van der Waals surface area contributed by atoms with Crippen molar-refractivity contribution >= 4 is 34.4 Å². The quantitative estimate of drug-likeness (QED) is 0.435. The van der Waals surface area contributed by atoms with Gasteiger partial charge < -0.3 is 9.72 Å². The third-order valence-corrected chi connectivity index (χ3v) is 5.61. The van der Waals surface area contributed by atoms with Crippen LogP contribution in [0.5, 0.6) is 5.75 Å². The number of carbonyl (C=O) groups excluding carboxylic acids is 2. The topological polar surface area (TPSA) is 75.3 Å². The molecule has 1 N–H and O–H groups in total. The average Bonchev–Trinajstić information content (AvgIpc) is 3.35. The van der Waals surface area contributed by atoms with Gasteiger partial charge in [0.2, 0.25) is 0 Å². The van der Waals surface area contributed by atoms with E-state index in [1.165, 1.54) is 4.90 Å². The van der Waals surface area contributed by atoms with Crippen molar-refractivity contribution in [3.8, 4) is 5.75 Å². The third kappa shape index (κ3) is 3.55. The van der Waals surface area contributed by atoms with Gasteiger partial charge in [-0.2, -0.15) is 0 Å². The molecule has 5 rings (SSSR count). The maximum absolute atomic E-state index is 12.7. The molecule has 154 valence electrons. The van der Waals surface area contributed by atoms with Gasteiger partial charge in [0.1, 0.15) is 17.4 Å². The molecule has 0 bridgehead atoms. The Hall–Kier alpha value is -3.64. The third-order valence-electron chi connectivity index (χ3n) is 5.39. The Kier molecular flexibility index (Phi) is 4.92. The first kappa shape index (κ1) is 19.3. The Balaban J connectivity index is 1.42. The minimum Gasteiger partial charge on any atom is -0.483 e. The number of imidazole rings is 1. The number of fused-ring (bicyclic) bond motifs is 2. The standard InChI is InChI=1S/C24H18ClN3O3/c25-16-12-19-22(27-14-26-19)21(13-16)31-20(15-6-2-1-3-7-15)10-11-28-23(29)17-8-4-5-9-18(17)24(28)30/h1-9,12-14,20H,10-11H2,(H,26,27)/t20-/m1/s1. The van der Waals surface area contributed by atoms with Gasteiger partial charge in [-0.1, -0.05) is 54.1 Å². The first-order valence-corrected chi connectivity index (χ1v) is 10.3. The van der Waals surface area contributed by atoms with E-state index < -0.39 is 6.10 Å². The highest BCUT2D eigenvalue weighted by Gasteiger charge is 2.35. The lowest BCUT2D eigenvalue weighted by Gasteiger charge is -2.22. The summed E-state index contributed by atoms with van der Waals surface area (Å²) in [6, 6.07) is 20.1. The number of H-pyrrole nitrogens is 1. The maximum atomic E-state index is 12.7. The van der Waals surface area contributed by atoms with Crippen LogP contribution in [0, 0.1) is 0 Å². The molecule has 3 aromatic carbocycles. The summed E-state index contributed by atoms with van der Waals surface area (Å²) in [7, 11) is 0. The van der Waals surface area contributed by atoms with Crippen LogP contribution in [-0.4, -0.2) is 33.2 Å². The van der Waals surface area contributed by atoms with Crippen LogP contribution in [-0.2, 0) is 0 Å². The molecule has 6 nitrogen and oxygen atoms in total. The lowest BCUT2D eigenvalue weighted by atomic mass is 10.1. The Labute approximate surface area is 183 Å². The van der Waals surface area contributed by atoms with Crippen molar-refractivity contribution in [2.75, 3.05) is 6.54 Å². The highest BCUT2D eigenvalue weighted by atomic mass is 35.5. The van der Waals surface area contributed by atoms with Crippen LogP contribution in [0.25, 0.3) is 11.0 Å². The average molecular weight is 432 g/mol. The van der Waals surface area contributed by atoms with E-state index in [9.17, 15) is 9.59 Å². The van der Waals surface area contributed by atoms with Crippen molar-refractivity contribution in [3.63, 3.8) is 0 Å². The van der Waals surface area contributed by atoms with Gasteiger partial charge in [0.15, 0.2) is 0 Å². The van der Waals surface area contributed by atoms with Crippen molar-refractivity contribution in [2.24, 2.45) is 0 Å². The van der Waals surface area contributed by atoms with E-state index in [4.69, 9.17) is 16.3 Å². The van der Waals surface area contributed by atoms with Crippen LogP contribution >= 0.6 is 11.6 Å². The minimum absolute atomic E-state index is 0.232. The fourth-order valence-corrected chi connectivity index (χ4v) is 4.08. The van der Waals surface area contributed by atoms with Gasteiger partial charge in [0.25, 0.3) is 11.8 Å². The smallest absolute Gasteiger partial charge is 0.261 e. The van der Waals surface area contributed by atoms with Crippen molar-refractivity contribution in [2.45, 2.75) is 12.5 Å². The van der Waals surface area contributed by atoms with Crippen LogP contribution in [0.4, 0.5) is 0 Å². The Bertz CT molecular complexity index is 1250. The summed E-state index contributed by atoms with van der Waals surface area (Å²) >= 11 is 6.26. The first-order chi connectivity index (χ1) is 15.1. The van der Waals surface area contributed by atoms with Crippen LogP contribution in [0.3, 0.4) is 0 Å². The lowest BCUT2D eigenvalue weighted by Crippen LogP contribution is -2.32. The molecule has 1 aliphatic heterocycles. The van der Waals surface area contributed by atoms with Crippen molar-refractivity contribution < 1.29 is 14.3 Å². The number of imide groups is 1. The summed E-state index contributed by atoms with van der Waals surface area (Å²) < 4.78 is 6.34. The molecule has 2 heterocycles. The van der Waals surface area contributed by atoms with Crippen molar-refractivity contribution in [1.82, 2.24) is 14.9 Å². The molecule has 7 heteroatoms. The molecule has 2 amide bonds. The number of aromatic nitrogens is 2. The second-order valence-electron chi connectivity index (χ2n) is 7.32. The predicted molar refractivity (Wildman–Crippen MR) is 117 cm³/mol. The summed E-state index contributed by atoms with van der Waals surface area (Å²) in [6.07, 6.45) is 1.61. The van der Waals surface area contributed by atoms with E-state index in [-0.39, 0.29) is 18.4 Å². The second-order valence-corrected chi connectivity index (χ2v) is 7.75. The Morgan fingerprint density at radius 1 is 0.968 bits per heavy atom. The van der Waals surface area contributed by atoms with Gasteiger partial charge in [0, 0.05) is 24.1 Å². The number of hydrogen-bond acceptors (Lipinski definition) is 4. The number of nitrogens with zero attached hydrogens (tertiary/aromatic N) is 2. The van der Waals surface area contributed by atoms with Crippen LogP contribution in [0.15, 0.2) is 73.1 Å². The molecule has 0 fully saturated rings. The summed E-state index contributed by atoms with van der Waals surface area (Å²) in [5.41, 5.74) is 3.26. The zero-order valence-corrected chi connectivity index (χ0v) is 17.2. The Morgan fingerprint density at radius 3 is 2.35 bits per heavy atom. The predicted octanol–water partition coefficient (Wildman–Crippen LogP) is 5.02. The number of carbonyl (C=O) groups is 2. The van der Waals surface area contributed by atoms with Gasteiger partial charge in [-0.05, 0) is 23.8 Å². The van der Waals surface area contributed by atoms with Crippen molar-refractivity contribution in [1.29, 1.82) is 0 Å². The van der Waals surface area contributed by atoms with Gasteiger partial charge in [-0.25, -0.2) is 4.98 Å². The van der Waals surface area contributed by atoms with E-state index in [1.54, 1.807) is 42.7 Å². The van der Waals surface area contributed by atoms with E-state index in [0.717, 1.165) is 11.1 Å².